The van der Waals surface area contributed by atoms with Gasteiger partial charge in [0.1, 0.15) is 0 Å². The van der Waals surface area contributed by atoms with Gasteiger partial charge in [-0.1, -0.05) is 23.4 Å². The minimum atomic E-state index is 0.0523. The van der Waals surface area contributed by atoms with Crippen LogP contribution in [0.4, 0.5) is 0 Å². The number of thiophene rings is 1. The summed E-state index contributed by atoms with van der Waals surface area (Å²) >= 11 is 8.54. The molecule has 4 aliphatic carbocycles. The zero-order chi connectivity index (χ0) is 17.0. The van der Waals surface area contributed by atoms with Gasteiger partial charge in [0.15, 0.2) is 5.78 Å². The average Bonchev–Trinajstić information content (AvgIpc) is 3.21. The lowest BCUT2D eigenvalue weighted by Gasteiger charge is -2.55. The molecule has 4 saturated carbocycles. The number of Topliss-reactive ketones (excluding diaryl/α,β-unsaturated/α-hetero) is 1. The number of ketones is 1. The summed E-state index contributed by atoms with van der Waals surface area (Å²) in [6.45, 7) is 0. The zero-order valence-corrected chi connectivity index (χ0v) is 16.1. The van der Waals surface area contributed by atoms with Crippen LogP contribution in [0.3, 0.4) is 0 Å². The van der Waals surface area contributed by atoms with Crippen molar-refractivity contribution in [3.8, 4) is 0 Å². The lowest BCUT2D eigenvalue weighted by molar-refractivity contribution is -0.0191. The summed E-state index contributed by atoms with van der Waals surface area (Å²) < 4.78 is 6.66. The first-order valence-corrected chi connectivity index (χ1v) is 11.0. The number of carbonyl (C=O) groups excluding carboxylic acids is 1. The van der Waals surface area contributed by atoms with Gasteiger partial charge in [0.2, 0.25) is 5.89 Å². The molecule has 0 amide bonds. The van der Waals surface area contributed by atoms with Crippen molar-refractivity contribution in [3.05, 3.63) is 27.2 Å². The topological polar surface area (TPSA) is 56.0 Å². The maximum Gasteiger partial charge on any atom is 0.277 e. The Kier molecular flexibility index (Phi) is 3.99. The fraction of sp³-hybridized carbons (Fsp3) is 0.611. The molecule has 4 nitrogen and oxygen atoms in total. The average molecular weight is 395 g/mol. The molecule has 132 valence electrons. The van der Waals surface area contributed by atoms with E-state index in [-0.39, 0.29) is 11.2 Å². The normalized spacial score (nSPS) is 33.1. The van der Waals surface area contributed by atoms with Crippen LogP contribution in [-0.4, -0.2) is 21.7 Å². The third-order valence-corrected chi connectivity index (χ3v) is 8.16. The molecule has 0 radical (unpaired) electrons. The van der Waals surface area contributed by atoms with Crippen LogP contribution in [0.15, 0.2) is 21.8 Å². The van der Waals surface area contributed by atoms with Gasteiger partial charge in [0.25, 0.3) is 5.22 Å². The van der Waals surface area contributed by atoms with Gasteiger partial charge in [-0.15, -0.1) is 21.5 Å². The molecule has 2 heterocycles. The molecule has 0 spiro atoms. The molecule has 4 bridgehead atoms. The quantitative estimate of drug-likeness (QED) is 0.513. The van der Waals surface area contributed by atoms with Crippen LogP contribution in [-0.2, 0) is 5.41 Å². The Morgan fingerprint density at radius 3 is 2.48 bits per heavy atom. The van der Waals surface area contributed by atoms with Crippen LogP contribution in [0.5, 0.6) is 0 Å². The van der Waals surface area contributed by atoms with E-state index in [4.69, 9.17) is 16.0 Å². The fourth-order valence-electron chi connectivity index (χ4n) is 5.52. The van der Waals surface area contributed by atoms with Crippen molar-refractivity contribution >= 4 is 40.5 Å². The number of halogens is 1. The number of carbonyl (C=O) groups is 1. The highest BCUT2D eigenvalue weighted by Crippen LogP contribution is 2.60. The number of hydrogen-bond acceptors (Lipinski definition) is 6. The molecule has 0 saturated heterocycles. The van der Waals surface area contributed by atoms with Crippen LogP contribution in [0.1, 0.15) is 54.1 Å². The van der Waals surface area contributed by atoms with E-state index >= 15 is 0 Å². The van der Waals surface area contributed by atoms with E-state index in [2.05, 4.69) is 10.2 Å². The van der Waals surface area contributed by atoms with Gasteiger partial charge in [-0.3, -0.25) is 4.79 Å². The van der Waals surface area contributed by atoms with Crippen molar-refractivity contribution in [1.29, 1.82) is 0 Å². The van der Waals surface area contributed by atoms with Crippen molar-refractivity contribution in [3.63, 3.8) is 0 Å². The molecular formula is C18H19ClN2O2S2. The van der Waals surface area contributed by atoms with Gasteiger partial charge in [0.05, 0.1) is 15.0 Å². The van der Waals surface area contributed by atoms with E-state index in [0.29, 0.717) is 20.2 Å². The lowest BCUT2D eigenvalue weighted by atomic mass is 9.49. The first-order chi connectivity index (χ1) is 12.1. The molecule has 0 unspecified atom stereocenters. The third kappa shape index (κ3) is 2.96. The Morgan fingerprint density at radius 1 is 1.20 bits per heavy atom. The van der Waals surface area contributed by atoms with Gasteiger partial charge in [0, 0.05) is 5.41 Å². The van der Waals surface area contributed by atoms with Crippen molar-refractivity contribution < 1.29 is 9.21 Å². The highest BCUT2D eigenvalue weighted by Gasteiger charge is 2.54. The van der Waals surface area contributed by atoms with Crippen molar-refractivity contribution in [2.45, 2.75) is 49.2 Å². The standard InChI is InChI=1S/C18H19ClN2O2S2/c19-15-2-1-14(25-15)13(22)9-24-17-21-20-16(23-17)18-6-10-3-11(7-18)5-12(4-10)8-18/h1-2,10-12H,3-9H2. The molecule has 6 rings (SSSR count). The second-order valence-electron chi connectivity index (χ2n) is 7.89. The first kappa shape index (κ1) is 16.3. The van der Waals surface area contributed by atoms with Crippen LogP contribution >= 0.6 is 34.7 Å². The lowest BCUT2D eigenvalue weighted by Crippen LogP contribution is -2.48. The highest BCUT2D eigenvalue weighted by atomic mass is 35.5. The van der Waals surface area contributed by atoms with E-state index in [9.17, 15) is 4.79 Å². The van der Waals surface area contributed by atoms with Gasteiger partial charge in [-0.2, -0.15) is 0 Å². The second-order valence-corrected chi connectivity index (χ2v) is 10.5. The number of aromatic nitrogens is 2. The molecule has 4 fully saturated rings. The SMILES string of the molecule is O=C(CSc1nnc(C23CC4CC(CC(C4)C2)C3)o1)c1ccc(Cl)s1. The first-order valence-electron chi connectivity index (χ1n) is 8.85. The fourth-order valence-corrected chi connectivity index (χ4v) is 7.24. The second kappa shape index (κ2) is 6.10. The van der Waals surface area contributed by atoms with Crippen molar-refractivity contribution in [2.24, 2.45) is 17.8 Å². The molecule has 0 N–H and O–H groups in total. The summed E-state index contributed by atoms with van der Waals surface area (Å²) in [6.07, 6.45) is 7.81. The maximum atomic E-state index is 12.2. The van der Waals surface area contributed by atoms with Gasteiger partial charge in [-0.05, 0) is 68.4 Å². The summed E-state index contributed by atoms with van der Waals surface area (Å²) in [5.41, 5.74) is 0.117. The number of rotatable bonds is 5. The molecule has 0 atom stereocenters. The van der Waals surface area contributed by atoms with Gasteiger partial charge >= 0.3 is 0 Å². The van der Waals surface area contributed by atoms with Crippen LogP contribution in [0, 0.1) is 17.8 Å². The summed E-state index contributed by atoms with van der Waals surface area (Å²) in [4.78, 5) is 12.9. The van der Waals surface area contributed by atoms with Crippen LogP contribution in [0.25, 0.3) is 0 Å². The van der Waals surface area contributed by atoms with E-state index in [1.54, 1.807) is 12.1 Å². The summed E-state index contributed by atoms with van der Waals surface area (Å²) in [5, 5.41) is 9.12. The Labute approximate surface area is 159 Å². The number of thioether (sulfide) groups is 1. The molecule has 4 aliphatic rings. The van der Waals surface area contributed by atoms with Crippen molar-refractivity contribution in [1.82, 2.24) is 10.2 Å². The summed E-state index contributed by atoms with van der Waals surface area (Å²) in [6, 6.07) is 3.52. The number of nitrogens with zero attached hydrogens (tertiary/aromatic N) is 2. The Balaban J connectivity index is 1.28. The molecule has 25 heavy (non-hydrogen) atoms. The van der Waals surface area contributed by atoms with Crippen molar-refractivity contribution in [2.75, 3.05) is 5.75 Å². The van der Waals surface area contributed by atoms with E-state index in [1.165, 1.54) is 61.6 Å². The molecule has 7 heteroatoms. The Hall–Kier alpha value is -0.850. The van der Waals surface area contributed by atoms with E-state index in [0.717, 1.165) is 23.6 Å². The van der Waals surface area contributed by atoms with E-state index < -0.39 is 0 Å². The zero-order valence-electron chi connectivity index (χ0n) is 13.7. The summed E-state index contributed by atoms with van der Waals surface area (Å²) in [5.74, 6) is 3.72. The maximum absolute atomic E-state index is 12.2. The van der Waals surface area contributed by atoms with Crippen LogP contribution in [0.2, 0.25) is 4.34 Å². The molecule has 0 aromatic carbocycles. The Bertz CT molecular complexity index is 780. The molecule has 2 aromatic heterocycles. The largest absolute Gasteiger partial charge is 0.415 e. The third-order valence-electron chi connectivity index (χ3n) is 6.07. The predicted octanol–water partition coefficient (Wildman–Crippen LogP) is 5.23. The minimum absolute atomic E-state index is 0.0523. The minimum Gasteiger partial charge on any atom is -0.415 e. The van der Waals surface area contributed by atoms with Crippen LogP contribution < -0.4 is 0 Å². The highest BCUT2D eigenvalue weighted by molar-refractivity contribution is 7.99. The Morgan fingerprint density at radius 2 is 1.88 bits per heavy atom. The molecule has 0 aliphatic heterocycles. The monoisotopic (exact) mass is 394 g/mol. The van der Waals surface area contributed by atoms with E-state index in [1.807, 2.05) is 0 Å². The molecule has 2 aromatic rings. The van der Waals surface area contributed by atoms with Gasteiger partial charge < -0.3 is 4.42 Å². The smallest absolute Gasteiger partial charge is 0.277 e. The number of hydrogen-bond donors (Lipinski definition) is 0. The molecular weight excluding hydrogens is 376 g/mol. The summed E-state index contributed by atoms with van der Waals surface area (Å²) in [7, 11) is 0. The predicted molar refractivity (Wildman–Crippen MR) is 98.5 cm³/mol. The van der Waals surface area contributed by atoms with Gasteiger partial charge in [-0.25, -0.2) is 0 Å².